The molecule has 1 fully saturated rings. The molecule has 1 saturated heterocycles. The molecule has 0 unspecified atom stereocenters. The van der Waals surface area contributed by atoms with Gasteiger partial charge in [-0.3, -0.25) is 9.59 Å². The van der Waals surface area contributed by atoms with Gasteiger partial charge in [0, 0.05) is 49.8 Å². The molecule has 11 nitrogen and oxygen atoms in total. The minimum atomic E-state index is -0.262. The van der Waals surface area contributed by atoms with Gasteiger partial charge in [0.25, 0.3) is 11.1 Å². The third-order valence-electron chi connectivity index (χ3n) is 6.30. The highest BCUT2D eigenvalue weighted by molar-refractivity contribution is 5.77. The van der Waals surface area contributed by atoms with Gasteiger partial charge >= 0.3 is 0 Å². The predicted molar refractivity (Wildman–Crippen MR) is 145 cm³/mol. The fourth-order valence-corrected chi connectivity index (χ4v) is 4.58. The van der Waals surface area contributed by atoms with Crippen LogP contribution in [-0.2, 0) is 6.54 Å². The van der Waals surface area contributed by atoms with E-state index < -0.39 is 0 Å². The molecule has 4 aromatic rings. The second-order valence-electron chi connectivity index (χ2n) is 9.41. The predicted octanol–water partition coefficient (Wildman–Crippen LogP) is 2.37. The van der Waals surface area contributed by atoms with Crippen LogP contribution >= 0.6 is 0 Å². The summed E-state index contributed by atoms with van der Waals surface area (Å²) in [7, 11) is 0. The minimum absolute atomic E-state index is 0.146. The molecule has 11 heteroatoms. The summed E-state index contributed by atoms with van der Waals surface area (Å²) >= 11 is 0. The van der Waals surface area contributed by atoms with Crippen molar-refractivity contribution in [2.45, 2.75) is 33.4 Å². The molecule has 0 aliphatic carbocycles. The Labute approximate surface area is 214 Å². The summed E-state index contributed by atoms with van der Waals surface area (Å²) in [5.41, 5.74) is 3.03. The SMILES string of the molecule is C=CCn1c(=O)c2cnc(Nc3cc(C)cc(N4CCNCC4)c3)nc2n1-c1ccc(=O)n(C(C)C)n1. The van der Waals surface area contributed by atoms with Crippen LogP contribution in [0.4, 0.5) is 17.3 Å². The normalized spacial score (nSPS) is 13.9. The Hall–Kier alpha value is -4.25. The molecule has 3 aromatic heterocycles. The van der Waals surface area contributed by atoms with Crippen LogP contribution in [0.2, 0.25) is 0 Å². The van der Waals surface area contributed by atoms with Crippen molar-refractivity contribution in [3.05, 3.63) is 75.5 Å². The summed E-state index contributed by atoms with van der Waals surface area (Å²) in [6.07, 6.45) is 3.15. The number of hydrogen-bond donors (Lipinski definition) is 2. The maximum Gasteiger partial charge on any atom is 0.278 e. The van der Waals surface area contributed by atoms with E-state index in [-0.39, 0.29) is 23.7 Å². The first-order chi connectivity index (χ1) is 17.9. The van der Waals surface area contributed by atoms with Crippen molar-refractivity contribution in [2.75, 3.05) is 36.4 Å². The maximum absolute atomic E-state index is 13.2. The fourth-order valence-electron chi connectivity index (χ4n) is 4.58. The van der Waals surface area contributed by atoms with Crippen molar-refractivity contribution in [1.82, 2.24) is 34.4 Å². The number of fused-ring (bicyclic) bond motifs is 1. The Kier molecular flexibility index (Phi) is 6.62. The van der Waals surface area contributed by atoms with E-state index in [9.17, 15) is 9.59 Å². The number of nitrogens with one attached hydrogen (secondary N) is 2. The molecule has 5 rings (SSSR count). The molecule has 0 saturated carbocycles. The lowest BCUT2D eigenvalue weighted by molar-refractivity contribution is 0.486. The van der Waals surface area contributed by atoms with Gasteiger partial charge in [-0.2, -0.15) is 4.98 Å². The molecular formula is C26H31N9O2. The van der Waals surface area contributed by atoms with Gasteiger partial charge in [-0.05, 0) is 50.6 Å². The molecule has 192 valence electrons. The molecule has 0 amide bonds. The van der Waals surface area contributed by atoms with Crippen LogP contribution in [-0.4, -0.2) is 55.3 Å². The topological polar surface area (TPSA) is 115 Å². The first kappa shape index (κ1) is 24.4. The van der Waals surface area contributed by atoms with Crippen molar-refractivity contribution < 1.29 is 0 Å². The van der Waals surface area contributed by atoms with E-state index >= 15 is 0 Å². The molecule has 1 aliphatic heterocycles. The van der Waals surface area contributed by atoms with E-state index in [0.29, 0.717) is 22.8 Å². The van der Waals surface area contributed by atoms with Crippen molar-refractivity contribution >= 4 is 28.4 Å². The molecule has 4 heterocycles. The van der Waals surface area contributed by atoms with Crippen molar-refractivity contribution in [3.63, 3.8) is 0 Å². The van der Waals surface area contributed by atoms with Gasteiger partial charge in [0.1, 0.15) is 5.39 Å². The Morgan fingerprint density at radius 2 is 1.95 bits per heavy atom. The van der Waals surface area contributed by atoms with Crippen LogP contribution in [0, 0.1) is 6.92 Å². The van der Waals surface area contributed by atoms with Gasteiger partial charge in [0.2, 0.25) is 5.95 Å². The van der Waals surface area contributed by atoms with Gasteiger partial charge in [-0.15, -0.1) is 11.7 Å². The number of anilines is 3. The van der Waals surface area contributed by atoms with Crippen LogP contribution < -0.4 is 26.7 Å². The highest BCUT2D eigenvalue weighted by Gasteiger charge is 2.19. The molecule has 2 N–H and O–H groups in total. The minimum Gasteiger partial charge on any atom is -0.369 e. The van der Waals surface area contributed by atoms with Crippen LogP contribution in [0.5, 0.6) is 0 Å². The van der Waals surface area contributed by atoms with Crippen LogP contribution in [0.25, 0.3) is 16.9 Å². The number of piperazine rings is 1. The molecule has 1 aromatic carbocycles. The molecule has 0 bridgehead atoms. The van der Waals surface area contributed by atoms with Crippen molar-refractivity contribution in [2.24, 2.45) is 0 Å². The zero-order valence-electron chi connectivity index (χ0n) is 21.3. The van der Waals surface area contributed by atoms with Crippen LogP contribution in [0.3, 0.4) is 0 Å². The van der Waals surface area contributed by atoms with Gasteiger partial charge in [-0.25, -0.2) is 19.0 Å². The van der Waals surface area contributed by atoms with Gasteiger partial charge in [0.05, 0.1) is 12.6 Å². The Bertz CT molecular complexity index is 1580. The zero-order chi connectivity index (χ0) is 26.1. The fraction of sp³-hybridized carbons (Fsp3) is 0.346. The number of allylic oxidation sites excluding steroid dienone is 1. The Balaban J connectivity index is 1.60. The monoisotopic (exact) mass is 501 g/mol. The largest absolute Gasteiger partial charge is 0.369 e. The van der Waals surface area contributed by atoms with E-state index in [4.69, 9.17) is 4.98 Å². The van der Waals surface area contributed by atoms with Crippen LogP contribution in [0.15, 0.2) is 58.8 Å². The first-order valence-corrected chi connectivity index (χ1v) is 12.4. The first-order valence-electron chi connectivity index (χ1n) is 12.4. The van der Waals surface area contributed by atoms with E-state index in [1.54, 1.807) is 16.8 Å². The highest BCUT2D eigenvalue weighted by Crippen LogP contribution is 2.25. The van der Waals surface area contributed by atoms with E-state index in [1.807, 2.05) is 19.9 Å². The van der Waals surface area contributed by atoms with Crippen molar-refractivity contribution in [3.8, 4) is 5.82 Å². The Morgan fingerprint density at radius 1 is 1.16 bits per heavy atom. The summed E-state index contributed by atoms with van der Waals surface area (Å²) in [5.74, 6) is 0.759. The quantitative estimate of drug-likeness (QED) is 0.371. The van der Waals surface area contributed by atoms with E-state index in [0.717, 1.165) is 43.1 Å². The number of nitrogens with zero attached hydrogens (tertiary/aromatic N) is 7. The average molecular weight is 502 g/mol. The number of aryl methyl sites for hydroxylation is 1. The molecule has 0 spiro atoms. The third-order valence-corrected chi connectivity index (χ3v) is 6.30. The van der Waals surface area contributed by atoms with Crippen LogP contribution in [0.1, 0.15) is 25.5 Å². The third kappa shape index (κ3) is 4.77. The maximum atomic E-state index is 13.2. The summed E-state index contributed by atoms with van der Waals surface area (Å²) in [6, 6.07) is 9.18. The second-order valence-corrected chi connectivity index (χ2v) is 9.41. The second kappa shape index (κ2) is 10.0. The smallest absolute Gasteiger partial charge is 0.278 e. The summed E-state index contributed by atoms with van der Waals surface area (Å²) in [4.78, 5) is 37.0. The van der Waals surface area contributed by atoms with Gasteiger partial charge in [-0.1, -0.05) is 6.08 Å². The molecule has 37 heavy (non-hydrogen) atoms. The van der Waals surface area contributed by atoms with Crippen molar-refractivity contribution in [1.29, 1.82) is 0 Å². The molecular weight excluding hydrogens is 470 g/mol. The summed E-state index contributed by atoms with van der Waals surface area (Å²) < 4.78 is 4.49. The van der Waals surface area contributed by atoms with Gasteiger partial charge < -0.3 is 15.5 Å². The number of hydrogen-bond acceptors (Lipinski definition) is 8. The lowest BCUT2D eigenvalue weighted by atomic mass is 10.1. The molecule has 0 atom stereocenters. The number of benzene rings is 1. The Morgan fingerprint density at radius 3 is 2.68 bits per heavy atom. The molecule has 1 aliphatic rings. The van der Waals surface area contributed by atoms with E-state index in [1.165, 1.54) is 21.6 Å². The lowest BCUT2D eigenvalue weighted by Gasteiger charge is -2.30. The summed E-state index contributed by atoms with van der Waals surface area (Å²) in [6.45, 7) is 13.6. The lowest BCUT2D eigenvalue weighted by Crippen LogP contribution is -2.43. The average Bonchev–Trinajstić information content (AvgIpc) is 3.15. The zero-order valence-corrected chi connectivity index (χ0v) is 21.3. The molecule has 0 radical (unpaired) electrons. The standard InChI is InChI=1S/C26H31N9O2/c1-5-10-33-25(37)21-16-28-26(29-19-13-18(4)14-20(15-19)32-11-8-27-9-12-32)30-24(21)35(33)22-6-7-23(36)34(31-22)17(2)3/h5-7,13-17,27H,1,8-12H2,2-4H3,(H,28,29,30). The summed E-state index contributed by atoms with van der Waals surface area (Å²) in [5, 5.41) is 11.6. The van der Waals surface area contributed by atoms with E-state index in [2.05, 4.69) is 51.3 Å². The number of rotatable bonds is 7. The number of aromatic nitrogens is 6. The highest BCUT2D eigenvalue weighted by atomic mass is 16.1. The van der Waals surface area contributed by atoms with Gasteiger partial charge in [0.15, 0.2) is 11.5 Å².